The molecule has 52 heavy (non-hydrogen) atoms. The standard InChI is InChI=1S/C46H92N4O2/c1-7-9-11-13-15-17-19-21-23-25-27-29-31-37-45(51)49(43-35-39-47(3)4)41-33-34-42-50(44-36-40-48(5)6)46(52)38-32-30-28-26-24-22-20-18-16-14-12-10-8-2/h33-34H,7-32,35-44H2,1-6H3/b34-33+. The highest BCUT2D eigenvalue weighted by Gasteiger charge is 2.14. The fourth-order valence-electron chi connectivity index (χ4n) is 7.10. The van der Waals surface area contributed by atoms with Crippen molar-refractivity contribution in [3.05, 3.63) is 12.2 Å². The lowest BCUT2D eigenvalue weighted by molar-refractivity contribution is -0.131. The highest BCUT2D eigenvalue weighted by Crippen LogP contribution is 2.15. The Hall–Kier alpha value is -1.40. The molecule has 0 N–H and O–H groups in total. The number of amides is 2. The number of nitrogens with zero attached hydrogens (tertiary/aromatic N) is 4. The Morgan fingerprint density at radius 1 is 0.346 bits per heavy atom. The van der Waals surface area contributed by atoms with Crippen molar-refractivity contribution in [2.45, 2.75) is 206 Å². The van der Waals surface area contributed by atoms with E-state index in [1.807, 2.05) is 9.80 Å². The lowest BCUT2D eigenvalue weighted by atomic mass is 10.0. The molecule has 0 aliphatic heterocycles. The van der Waals surface area contributed by atoms with E-state index in [2.05, 4.69) is 64.0 Å². The fraction of sp³-hybridized carbons (Fsp3) is 0.913. The van der Waals surface area contributed by atoms with Gasteiger partial charge in [-0.1, -0.05) is 180 Å². The molecule has 0 atom stereocenters. The van der Waals surface area contributed by atoms with Gasteiger partial charge in [0.25, 0.3) is 0 Å². The molecule has 0 fully saturated rings. The molecule has 6 nitrogen and oxygen atoms in total. The average molecular weight is 733 g/mol. The quantitative estimate of drug-likeness (QED) is 0.0465. The molecule has 0 radical (unpaired) electrons. The molecule has 0 aromatic rings. The van der Waals surface area contributed by atoms with Crippen LogP contribution in [0.15, 0.2) is 12.2 Å². The smallest absolute Gasteiger partial charge is 0.222 e. The average Bonchev–Trinajstić information content (AvgIpc) is 3.11. The molecule has 0 aliphatic carbocycles. The van der Waals surface area contributed by atoms with Gasteiger partial charge in [0.2, 0.25) is 11.8 Å². The van der Waals surface area contributed by atoms with Crippen LogP contribution in [0.5, 0.6) is 0 Å². The van der Waals surface area contributed by atoms with Crippen molar-refractivity contribution >= 4 is 11.8 Å². The van der Waals surface area contributed by atoms with Gasteiger partial charge in [-0.25, -0.2) is 0 Å². The summed E-state index contributed by atoms with van der Waals surface area (Å²) in [6.07, 6.45) is 41.9. The summed E-state index contributed by atoms with van der Waals surface area (Å²) >= 11 is 0. The van der Waals surface area contributed by atoms with Gasteiger partial charge in [-0.3, -0.25) is 9.59 Å². The maximum atomic E-state index is 13.3. The number of hydrogen-bond acceptors (Lipinski definition) is 4. The van der Waals surface area contributed by atoms with E-state index < -0.39 is 0 Å². The van der Waals surface area contributed by atoms with Gasteiger partial charge in [0, 0.05) is 39.0 Å². The molecular weight excluding hydrogens is 641 g/mol. The summed E-state index contributed by atoms with van der Waals surface area (Å²) in [4.78, 5) is 35.0. The summed E-state index contributed by atoms with van der Waals surface area (Å²) in [6, 6.07) is 0. The van der Waals surface area contributed by atoms with Crippen molar-refractivity contribution in [2.75, 3.05) is 67.5 Å². The third kappa shape index (κ3) is 35.6. The molecule has 0 unspecified atom stereocenters. The number of hydrogen-bond donors (Lipinski definition) is 0. The van der Waals surface area contributed by atoms with Crippen LogP contribution in [0.2, 0.25) is 0 Å². The highest BCUT2D eigenvalue weighted by atomic mass is 16.2. The van der Waals surface area contributed by atoms with Gasteiger partial charge in [-0.15, -0.1) is 0 Å². The molecule has 0 bridgehead atoms. The van der Waals surface area contributed by atoms with Gasteiger partial charge in [-0.2, -0.15) is 0 Å². The van der Waals surface area contributed by atoms with E-state index in [1.165, 1.54) is 141 Å². The minimum atomic E-state index is 0.285. The zero-order chi connectivity index (χ0) is 38.3. The summed E-state index contributed by atoms with van der Waals surface area (Å²) in [7, 11) is 8.39. The van der Waals surface area contributed by atoms with Crippen molar-refractivity contribution in [1.82, 2.24) is 19.6 Å². The molecule has 0 saturated heterocycles. The first-order chi connectivity index (χ1) is 25.3. The Kier molecular flexibility index (Phi) is 38.2. The summed E-state index contributed by atoms with van der Waals surface area (Å²) in [5.41, 5.74) is 0. The second kappa shape index (κ2) is 39.3. The topological polar surface area (TPSA) is 47.1 Å². The third-order valence-electron chi connectivity index (χ3n) is 10.6. The Morgan fingerprint density at radius 3 is 0.846 bits per heavy atom. The minimum Gasteiger partial charge on any atom is -0.339 e. The maximum Gasteiger partial charge on any atom is 0.222 e. The molecule has 0 aromatic carbocycles. The Morgan fingerprint density at radius 2 is 0.596 bits per heavy atom. The first-order valence-electron chi connectivity index (χ1n) is 22.8. The number of rotatable bonds is 40. The summed E-state index contributed by atoms with van der Waals surface area (Å²) in [5.74, 6) is 0.570. The molecular formula is C46H92N4O2. The summed E-state index contributed by atoms with van der Waals surface area (Å²) in [5, 5.41) is 0. The van der Waals surface area contributed by atoms with Crippen LogP contribution < -0.4 is 0 Å². The Labute approximate surface area is 326 Å². The van der Waals surface area contributed by atoms with E-state index in [0.717, 1.165) is 64.7 Å². The van der Waals surface area contributed by atoms with E-state index >= 15 is 0 Å². The molecule has 0 aliphatic rings. The molecule has 0 rings (SSSR count). The molecule has 0 heterocycles. The van der Waals surface area contributed by atoms with E-state index in [-0.39, 0.29) is 11.8 Å². The fourth-order valence-corrected chi connectivity index (χ4v) is 7.10. The highest BCUT2D eigenvalue weighted by molar-refractivity contribution is 5.76. The Bertz CT molecular complexity index is 735. The van der Waals surface area contributed by atoms with Crippen molar-refractivity contribution in [3.8, 4) is 0 Å². The predicted octanol–water partition coefficient (Wildman–Crippen LogP) is 12.1. The van der Waals surface area contributed by atoms with E-state index in [9.17, 15) is 9.59 Å². The summed E-state index contributed by atoms with van der Waals surface area (Å²) < 4.78 is 0. The van der Waals surface area contributed by atoms with Crippen molar-refractivity contribution < 1.29 is 9.59 Å². The monoisotopic (exact) mass is 733 g/mol. The van der Waals surface area contributed by atoms with Gasteiger partial charge in [0.1, 0.15) is 0 Å². The molecule has 6 heteroatoms. The van der Waals surface area contributed by atoms with Crippen LogP contribution in [0.3, 0.4) is 0 Å². The minimum absolute atomic E-state index is 0.285. The van der Waals surface area contributed by atoms with E-state index in [1.54, 1.807) is 0 Å². The second-order valence-electron chi connectivity index (χ2n) is 16.4. The van der Waals surface area contributed by atoms with Gasteiger partial charge in [0.15, 0.2) is 0 Å². The van der Waals surface area contributed by atoms with Gasteiger partial charge < -0.3 is 19.6 Å². The van der Waals surface area contributed by atoms with Crippen molar-refractivity contribution in [1.29, 1.82) is 0 Å². The summed E-state index contributed by atoms with van der Waals surface area (Å²) in [6.45, 7) is 9.41. The van der Waals surface area contributed by atoms with Gasteiger partial charge in [-0.05, 0) is 67.0 Å². The first kappa shape index (κ1) is 50.6. The van der Waals surface area contributed by atoms with Crippen molar-refractivity contribution in [3.63, 3.8) is 0 Å². The first-order valence-corrected chi connectivity index (χ1v) is 22.8. The molecule has 2 amide bonds. The molecule has 0 aromatic heterocycles. The number of unbranched alkanes of at least 4 members (excludes halogenated alkanes) is 24. The van der Waals surface area contributed by atoms with Crippen LogP contribution in [0.1, 0.15) is 206 Å². The van der Waals surface area contributed by atoms with Crippen LogP contribution in [-0.4, -0.2) is 98.9 Å². The normalized spacial score (nSPS) is 11.8. The predicted molar refractivity (Wildman–Crippen MR) is 229 cm³/mol. The zero-order valence-electron chi connectivity index (χ0n) is 36.2. The number of carbonyl (C=O) groups excluding carboxylic acids is 2. The Balaban J connectivity index is 4.53. The van der Waals surface area contributed by atoms with E-state index in [0.29, 0.717) is 25.9 Å². The molecule has 0 saturated carbocycles. The lowest BCUT2D eigenvalue weighted by Crippen LogP contribution is -2.34. The van der Waals surface area contributed by atoms with Crippen LogP contribution >= 0.6 is 0 Å². The second-order valence-corrected chi connectivity index (χ2v) is 16.4. The van der Waals surface area contributed by atoms with Crippen molar-refractivity contribution in [2.24, 2.45) is 0 Å². The molecule has 308 valence electrons. The lowest BCUT2D eigenvalue weighted by Gasteiger charge is -2.24. The van der Waals surface area contributed by atoms with Crippen LogP contribution in [0.25, 0.3) is 0 Å². The van der Waals surface area contributed by atoms with Crippen LogP contribution in [0, 0.1) is 0 Å². The van der Waals surface area contributed by atoms with Crippen LogP contribution in [0.4, 0.5) is 0 Å². The largest absolute Gasteiger partial charge is 0.339 e. The SMILES string of the molecule is CCCCCCCCCCCCCCCC(=O)N(C/C=C/CN(CCCN(C)C)C(=O)CCCCCCCCCCCCCCC)CCCN(C)C. The maximum absolute atomic E-state index is 13.3. The van der Waals surface area contributed by atoms with Crippen LogP contribution in [-0.2, 0) is 9.59 Å². The van der Waals surface area contributed by atoms with Gasteiger partial charge in [0.05, 0.1) is 0 Å². The van der Waals surface area contributed by atoms with E-state index in [4.69, 9.17) is 0 Å². The third-order valence-corrected chi connectivity index (χ3v) is 10.6. The number of carbonyl (C=O) groups is 2. The van der Waals surface area contributed by atoms with Gasteiger partial charge >= 0.3 is 0 Å². The molecule has 0 spiro atoms. The zero-order valence-corrected chi connectivity index (χ0v) is 36.2.